The second-order valence-corrected chi connectivity index (χ2v) is 6.31. The maximum absolute atomic E-state index is 12.1. The second-order valence-electron chi connectivity index (χ2n) is 6.31. The zero-order valence-electron chi connectivity index (χ0n) is 11.6. The molecule has 2 nitrogen and oxygen atoms in total. The molecule has 0 radical (unpaired) electrons. The summed E-state index contributed by atoms with van der Waals surface area (Å²) in [4.78, 5) is 13.8. The maximum atomic E-state index is 12.1. The minimum atomic E-state index is 0.201. The molecule has 1 aliphatic rings. The van der Waals surface area contributed by atoms with Crippen LogP contribution in [0.1, 0.15) is 46.5 Å². The number of amides is 1. The number of carbonyl (C=O) groups excluding carboxylic acids is 1. The number of nitrogens with zero attached hydrogens (tertiary/aromatic N) is 1. The van der Waals surface area contributed by atoms with E-state index in [9.17, 15) is 4.79 Å². The molecule has 1 aliphatic carbocycles. The Hall–Kier alpha value is -0.970. The molecule has 0 N–H and O–H groups in total. The van der Waals surface area contributed by atoms with Crippen molar-refractivity contribution in [1.82, 2.24) is 4.90 Å². The zero-order valence-corrected chi connectivity index (χ0v) is 11.6. The molecule has 0 bridgehead atoms. The van der Waals surface area contributed by atoms with E-state index < -0.39 is 0 Å². The number of terminal acetylenes is 1. The molecule has 0 aromatic rings. The summed E-state index contributed by atoms with van der Waals surface area (Å²) < 4.78 is 0. The molecule has 0 atom stereocenters. The van der Waals surface area contributed by atoms with Gasteiger partial charge in [-0.2, -0.15) is 0 Å². The molecule has 0 unspecified atom stereocenters. The van der Waals surface area contributed by atoms with Gasteiger partial charge in [0.25, 0.3) is 0 Å². The fraction of sp³-hybridized carbons (Fsp3) is 0.800. The minimum absolute atomic E-state index is 0.201. The van der Waals surface area contributed by atoms with Gasteiger partial charge in [0.15, 0.2) is 0 Å². The van der Waals surface area contributed by atoms with Crippen molar-refractivity contribution in [2.24, 2.45) is 17.3 Å². The van der Waals surface area contributed by atoms with Crippen LogP contribution in [-0.4, -0.2) is 24.4 Å². The van der Waals surface area contributed by atoms with Crippen LogP contribution in [0.2, 0.25) is 0 Å². The van der Waals surface area contributed by atoms with Crippen LogP contribution < -0.4 is 0 Å². The largest absolute Gasteiger partial charge is 0.334 e. The Morgan fingerprint density at radius 1 is 1.29 bits per heavy atom. The Balaban J connectivity index is 2.47. The molecule has 0 saturated heterocycles. The maximum Gasteiger partial charge on any atom is 0.226 e. The van der Waals surface area contributed by atoms with Crippen molar-refractivity contribution >= 4 is 5.91 Å². The van der Waals surface area contributed by atoms with Gasteiger partial charge in [-0.25, -0.2) is 0 Å². The van der Waals surface area contributed by atoms with Gasteiger partial charge in [-0.3, -0.25) is 4.79 Å². The highest BCUT2D eigenvalue weighted by Gasteiger charge is 2.33. The number of carbonyl (C=O) groups is 1. The van der Waals surface area contributed by atoms with Gasteiger partial charge in [0.2, 0.25) is 5.91 Å². The van der Waals surface area contributed by atoms with E-state index in [0.29, 0.717) is 12.0 Å². The van der Waals surface area contributed by atoms with Crippen molar-refractivity contribution in [2.75, 3.05) is 13.6 Å². The molecule has 1 rings (SSSR count). The van der Waals surface area contributed by atoms with Crippen LogP contribution in [0, 0.1) is 29.6 Å². The molecule has 0 heterocycles. The average Bonchev–Trinajstić information content (AvgIpc) is 2.27. The highest BCUT2D eigenvalue weighted by Crippen LogP contribution is 2.40. The van der Waals surface area contributed by atoms with E-state index in [1.165, 1.54) is 12.8 Å². The molecular weight excluding hydrogens is 210 g/mol. The zero-order chi connectivity index (χ0) is 13.1. The Morgan fingerprint density at radius 2 is 1.82 bits per heavy atom. The molecule has 0 aliphatic heterocycles. The SMILES string of the molecule is C#CCN(C)C(=O)C1CCC(C(C)(C)C)CC1. The third kappa shape index (κ3) is 3.77. The highest BCUT2D eigenvalue weighted by atomic mass is 16.2. The molecule has 17 heavy (non-hydrogen) atoms. The predicted molar refractivity (Wildman–Crippen MR) is 71.4 cm³/mol. The fourth-order valence-electron chi connectivity index (χ4n) is 2.73. The lowest BCUT2D eigenvalue weighted by molar-refractivity contribution is -0.135. The first kappa shape index (κ1) is 14.1. The number of hydrogen-bond acceptors (Lipinski definition) is 1. The van der Waals surface area contributed by atoms with Crippen molar-refractivity contribution in [1.29, 1.82) is 0 Å². The first-order valence-corrected chi connectivity index (χ1v) is 6.54. The van der Waals surface area contributed by atoms with Crippen LogP contribution in [0.5, 0.6) is 0 Å². The summed E-state index contributed by atoms with van der Waals surface area (Å²) in [5.41, 5.74) is 0.374. The van der Waals surface area contributed by atoms with E-state index in [-0.39, 0.29) is 11.8 Å². The number of rotatable bonds is 2. The van der Waals surface area contributed by atoms with Gasteiger partial charge < -0.3 is 4.90 Å². The summed E-state index contributed by atoms with van der Waals surface area (Å²) >= 11 is 0. The van der Waals surface area contributed by atoms with Crippen LogP contribution in [-0.2, 0) is 4.79 Å². The molecular formula is C15H25NO. The Bertz CT molecular complexity index is 300. The second kappa shape index (κ2) is 5.58. The van der Waals surface area contributed by atoms with E-state index in [1.54, 1.807) is 11.9 Å². The summed E-state index contributed by atoms with van der Waals surface area (Å²) in [6.45, 7) is 7.32. The van der Waals surface area contributed by atoms with E-state index in [0.717, 1.165) is 18.8 Å². The average molecular weight is 235 g/mol. The summed E-state index contributed by atoms with van der Waals surface area (Å²) in [6.07, 6.45) is 9.62. The smallest absolute Gasteiger partial charge is 0.226 e. The molecule has 1 amide bonds. The van der Waals surface area contributed by atoms with Gasteiger partial charge in [0, 0.05) is 13.0 Å². The van der Waals surface area contributed by atoms with Crippen molar-refractivity contribution < 1.29 is 4.79 Å². The molecule has 1 fully saturated rings. The van der Waals surface area contributed by atoms with E-state index in [2.05, 4.69) is 26.7 Å². The van der Waals surface area contributed by atoms with Crippen LogP contribution in [0.4, 0.5) is 0 Å². The quantitative estimate of drug-likeness (QED) is 0.674. The normalized spacial score (nSPS) is 25.1. The highest BCUT2D eigenvalue weighted by molar-refractivity contribution is 5.78. The lowest BCUT2D eigenvalue weighted by Gasteiger charge is -2.37. The fourth-order valence-corrected chi connectivity index (χ4v) is 2.73. The summed E-state index contributed by atoms with van der Waals surface area (Å²) in [6, 6.07) is 0. The summed E-state index contributed by atoms with van der Waals surface area (Å²) in [5.74, 6) is 3.71. The van der Waals surface area contributed by atoms with Crippen LogP contribution >= 0.6 is 0 Å². The van der Waals surface area contributed by atoms with Crippen LogP contribution in [0.15, 0.2) is 0 Å². The molecule has 0 aromatic carbocycles. The third-order valence-electron chi connectivity index (χ3n) is 4.01. The predicted octanol–water partition coefficient (Wildman–Crippen LogP) is 2.93. The molecule has 96 valence electrons. The van der Waals surface area contributed by atoms with E-state index in [1.807, 2.05) is 0 Å². The van der Waals surface area contributed by atoms with Gasteiger partial charge >= 0.3 is 0 Å². The Labute approximate surface area is 106 Å². The molecule has 2 heteroatoms. The van der Waals surface area contributed by atoms with E-state index >= 15 is 0 Å². The van der Waals surface area contributed by atoms with Crippen molar-refractivity contribution in [2.45, 2.75) is 46.5 Å². The lowest BCUT2D eigenvalue weighted by Crippen LogP contribution is -2.36. The van der Waals surface area contributed by atoms with Gasteiger partial charge in [0.1, 0.15) is 0 Å². The lowest BCUT2D eigenvalue weighted by atomic mass is 9.69. The summed E-state index contributed by atoms with van der Waals surface area (Å²) in [7, 11) is 1.80. The minimum Gasteiger partial charge on any atom is -0.334 e. The Kier molecular flexibility index (Phi) is 4.62. The van der Waals surface area contributed by atoms with Gasteiger partial charge in [-0.05, 0) is 37.0 Å². The van der Waals surface area contributed by atoms with Crippen LogP contribution in [0.3, 0.4) is 0 Å². The Morgan fingerprint density at radius 3 is 2.24 bits per heavy atom. The topological polar surface area (TPSA) is 20.3 Å². The molecule has 1 saturated carbocycles. The van der Waals surface area contributed by atoms with Gasteiger partial charge in [-0.15, -0.1) is 6.42 Å². The third-order valence-corrected chi connectivity index (χ3v) is 4.01. The number of hydrogen-bond donors (Lipinski definition) is 0. The van der Waals surface area contributed by atoms with Crippen molar-refractivity contribution in [3.8, 4) is 12.3 Å². The monoisotopic (exact) mass is 235 g/mol. The van der Waals surface area contributed by atoms with Crippen molar-refractivity contribution in [3.63, 3.8) is 0 Å². The molecule has 0 aromatic heterocycles. The van der Waals surface area contributed by atoms with Gasteiger partial charge in [-0.1, -0.05) is 26.7 Å². The van der Waals surface area contributed by atoms with Crippen LogP contribution in [0.25, 0.3) is 0 Å². The van der Waals surface area contributed by atoms with Crippen molar-refractivity contribution in [3.05, 3.63) is 0 Å². The molecule has 0 spiro atoms. The standard InChI is InChI=1S/C15H25NO/c1-6-11-16(5)14(17)12-7-9-13(10-8-12)15(2,3)4/h1,12-13H,7-11H2,2-5H3. The van der Waals surface area contributed by atoms with Gasteiger partial charge in [0.05, 0.1) is 6.54 Å². The summed E-state index contributed by atoms with van der Waals surface area (Å²) in [5, 5.41) is 0. The van der Waals surface area contributed by atoms with E-state index in [4.69, 9.17) is 6.42 Å². The first-order chi connectivity index (χ1) is 7.86. The first-order valence-electron chi connectivity index (χ1n) is 6.54.